The molecule has 0 bridgehead atoms. The monoisotopic (exact) mass is 526 g/mol. The van der Waals surface area contributed by atoms with E-state index < -0.39 is 15.3 Å². The van der Waals surface area contributed by atoms with Gasteiger partial charge in [0.25, 0.3) is 0 Å². The average Bonchev–Trinajstić information content (AvgIpc) is 3.40. The van der Waals surface area contributed by atoms with E-state index in [1.807, 2.05) is 30.3 Å². The normalized spacial score (nSPS) is 12.0. The van der Waals surface area contributed by atoms with Crippen LogP contribution in [0, 0.1) is 0 Å². The lowest BCUT2D eigenvalue weighted by molar-refractivity contribution is 0.580. The number of anilines is 1. The summed E-state index contributed by atoms with van der Waals surface area (Å²) in [5.74, 6) is 0.314. The molecule has 0 aliphatic heterocycles. The Kier molecular flexibility index (Phi) is 5.79. The predicted octanol–water partition coefficient (Wildman–Crippen LogP) is 5.63. The maximum absolute atomic E-state index is 13.0. The first-order valence-electron chi connectivity index (χ1n) is 10.7. The third kappa shape index (κ3) is 3.95. The van der Waals surface area contributed by atoms with Gasteiger partial charge in [-0.3, -0.25) is 0 Å². The van der Waals surface area contributed by atoms with Crippen LogP contribution in [0.5, 0.6) is 0 Å². The third-order valence-corrected chi connectivity index (χ3v) is 8.24. The molecular formula is C24H20Cl2N6O2S. The van der Waals surface area contributed by atoms with E-state index in [-0.39, 0.29) is 11.6 Å². The second-order valence-corrected chi connectivity index (χ2v) is 11.3. The van der Waals surface area contributed by atoms with Crippen LogP contribution in [0.2, 0.25) is 10.0 Å². The fourth-order valence-electron chi connectivity index (χ4n) is 3.76. The molecule has 0 radical (unpaired) electrons. The van der Waals surface area contributed by atoms with E-state index in [1.54, 1.807) is 44.2 Å². The topological polar surface area (TPSA) is 120 Å². The third-order valence-electron chi connectivity index (χ3n) is 5.55. The minimum Gasteiger partial charge on any atom is -0.368 e. The Bertz CT molecular complexity index is 1660. The first kappa shape index (κ1) is 23.3. The number of rotatable bonds is 5. The highest BCUT2D eigenvalue weighted by molar-refractivity contribution is 7.90. The minimum atomic E-state index is -3.80. The summed E-state index contributed by atoms with van der Waals surface area (Å²) in [5.41, 5.74) is 9.50. The van der Waals surface area contributed by atoms with Crippen molar-refractivity contribution in [3.05, 3.63) is 70.7 Å². The molecule has 11 heteroatoms. The number of nitrogens with two attached hydrogens (primary N) is 1. The second-order valence-electron chi connectivity index (χ2n) is 8.14. The number of aromatic amines is 1. The number of fused-ring (bicyclic) bond motifs is 1. The van der Waals surface area contributed by atoms with Crippen LogP contribution in [-0.2, 0) is 10.0 Å². The standard InChI is InChI=1S/C24H20Cl2N6O2S/c1-13(2)35(33,34)32-23-18(29-24(32)27)12-11-17(28-23)21-20(14-7-4-3-5-8-14)30-22(31-21)19-15(25)9-6-10-16(19)26/h3-13H,1-2H3,(H2,27,29)(H,30,31). The van der Waals surface area contributed by atoms with Gasteiger partial charge in [-0.05, 0) is 38.1 Å². The van der Waals surface area contributed by atoms with Gasteiger partial charge in [0.2, 0.25) is 16.0 Å². The highest BCUT2D eigenvalue weighted by Gasteiger charge is 2.26. The van der Waals surface area contributed by atoms with Crippen molar-refractivity contribution in [2.75, 3.05) is 5.73 Å². The van der Waals surface area contributed by atoms with E-state index in [9.17, 15) is 8.42 Å². The van der Waals surface area contributed by atoms with Crippen molar-refractivity contribution in [2.24, 2.45) is 0 Å². The van der Waals surface area contributed by atoms with Gasteiger partial charge in [-0.15, -0.1) is 0 Å². The van der Waals surface area contributed by atoms with Crippen LogP contribution in [-0.4, -0.2) is 37.6 Å². The number of aromatic nitrogens is 5. The van der Waals surface area contributed by atoms with Crippen molar-refractivity contribution < 1.29 is 8.42 Å². The highest BCUT2D eigenvalue weighted by Crippen LogP contribution is 2.38. The quantitative estimate of drug-likeness (QED) is 0.306. The smallest absolute Gasteiger partial charge is 0.245 e. The molecule has 0 saturated carbocycles. The zero-order chi connectivity index (χ0) is 24.9. The molecule has 178 valence electrons. The number of nitrogen functional groups attached to an aromatic ring is 1. The van der Waals surface area contributed by atoms with Crippen LogP contribution < -0.4 is 5.73 Å². The van der Waals surface area contributed by atoms with Gasteiger partial charge < -0.3 is 10.7 Å². The van der Waals surface area contributed by atoms with E-state index in [0.29, 0.717) is 44.0 Å². The molecule has 5 rings (SSSR count). The molecule has 2 aromatic carbocycles. The number of nitrogens with one attached hydrogen (secondary N) is 1. The van der Waals surface area contributed by atoms with E-state index in [0.717, 1.165) is 9.54 Å². The predicted molar refractivity (Wildman–Crippen MR) is 140 cm³/mol. The van der Waals surface area contributed by atoms with Gasteiger partial charge >= 0.3 is 0 Å². The molecule has 0 aliphatic rings. The summed E-state index contributed by atoms with van der Waals surface area (Å²) in [6, 6.07) is 18.2. The lowest BCUT2D eigenvalue weighted by Gasteiger charge is -2.11. The summed E-state index contributed by atoms with van der Waals surface area (Å²) in [4.78, 5) is 16.9. The van der Waals surface area contributed by atoms with Gasteiger partial charge in [0.1, 0.15) is 11.3 Å². The number of hydrogen-bond acceptors (Lipinski definition) is 6. The van der Waals surface area contributed by atoms with Crippen LogP contribution in [0.25, 0.3) is 45.2 Å². The Morgan fingerprint density at radius 2 is 1.60 bits per heavy atom. The summed E-state index contributed by atoms with van der Waals surface area (Å²) in [6.07, 6.45) is 0. The Hall–Kier alpha value is -3.40. The number of pyridine rings is 1. The maximum Gasteiger partial charge on any atom is 0.245 e. The lowest BCUT2D eigenvalue weighted by Crippen LogP contribution is -2.24. The Balaban J connectivity index is 1.78. The largest absolute Gasteiger partial charge is 0.368 e. The number of H-pyrrole nitrogens is 1. The summed E-state index contributed by atoms with van der Waals surface area (Å²) in [6.45, 7) is 3.15. The average molecular weight is 527 g/mol. The van der Waals surface area contributed by atoms with Crippen molar-refractivity contribution in [3.63, 3.8) is 0 Å². The summed E-state index contributed by atoms with van der Waals surface area (Å²) >= 11 is 12.9. The molecule has 8 nitrogen and oxygen atoms in total. The lowest BCUT2D eigenvalue weighted by atomic mass is 10.1. The fraction of sp³-hybridized carbons (Fsp3) is 0.125. The molecule has 35 heavy (non-hydrogen) atoms. The first-order valence-corrected chi connectivity index (χ1v) is 12.9. The van der Waals surface area contributed by atoms with Crippen molar-refractivity contribution in [1.29, 1.82) is 0 Å². The molecule has 0 fully saturated rings. The van der Waals surface area contributed by atoms with Crippen LogP contribution >= 0.6 is 23.2 Å². The summed E-state index contributed by atoms with van der Waals surface area (Å²) in [7, 11) is -3.80. The zero-order valence-electron chi connectivity index (χ0n) is 18.7. The number of nitrogens with zero attached hydrogens (tertiary/aromatic N) is 4. The molecule has 3 N–H and O–H groups in total. The van der Waals surface area contributed by atoms with Crippen molar-refractivity contribution in [1.82, 2.24) is 23.9 Å². The molecule has 0 spiro atoms. The molecule has 0 amide bonds. The molecular weight excluding hydrogens is 507 g/mol. The van der Waals surface area contributed by atoms with Gasteiger partial charge in [-0.2, -0.15) is 3.97 Å². The number of imidazole rings is 2. The SMILES string of the molecule is CC(C)S(=O)(=O)n1c(N)nc2ccc(-c3[nH]c(-c4c(Cl)cccc4Cl)nc3-c3ccccc3)nc21. The van der Waals surface area contributed by atoms with Crippen molar-refractivity contribution >= 4 is 50.3 Å². The van der Waals surface area contributed by atoms with Gasteiger partial charge in [-0.1, -0.05) is 59.6 Å². The van der Waals surface area contributed by atoms with Crippen LogP contribution in [0.4, 0.5) is 5.95 Å². The molecule has 0 atom stereocenters. The molecule has 3 heterocycles. The van der Waals surface area contributed by atoms with Gasteiger partial charge in [0.15, 0.2) is 5.65 Å². The second kappa shape index (κ2) is 8.67. The van der Waals surface area contributed by atoms with Crippen molar-refractivity contribution in [2.45, 2.75) is 19.1 Å². The number of benzene rings is 2. The molecule has 3 aromatic heterocycles. The van der Waals surface area contributed by atoms with Gasteiger partial charge in [0, 0.05) is 5.56 Å². The molecule has 0 unspecified atom stereocenters. The highest BCUT2D eigenvalue weighted by atomic mass is 35.5. The Morgan fingerprint density at radius 1 is 0.914 bits per heavy atom. The Morgan fingerprint density at radius 3 is 2.26 bits per heavy atom. The van der Waals surface area contributed by atoms with Crippen LogP contribution in [0.15, 0.2) is 60.7 Å². The number of hydrogen-bond donors (Lipinski definition) is 2. The van der Waals surface area contributed by atoms with E-state index in [4.69, 9.17) is 33.9 Å². The minimum absolute atomic E-state index is 0.139. The summed E-state index contributed by atoms with van der Waals surface area (Å²) < 4.78 is 27.0. The molecule has 0 saturated heterocycles. The van der Waals surface area contributed by atoms with Gasteiger partial charge in [0.05, 0.1) is 37.9 Å². The Labute approximate surface area is 211 Å². The van der Waals surface area contributed by atoms with E-state index in [1.165, 1.54) is 0 Å². The first-order chi connectivity index (χ1) is 16.7. The number of halogens is 2. The van der Waals surface area contributed by atoms with Crippen LogP contribution in [0.1, 0.15) is 13.8 Å². The summed E-state index contributed by atoms with van der Waals surface area (Å²) in [5, 5.41) is 0.165. The zero-order valence-corrected chi connectivity index (χ0v) is 21.0. The van der Waals surface area contributed by atoms with E-state index >= 15 is 0 Å². The maximum atomic E-state index is 13.0. The van der Waals surface area contributed by atoms with Gasteiger partial charge in [-0.25, -0.2) is 23.4 Å². The van der Waals surface area contributed by atoms with Crippen LogP contribution in [0.3, 0.4) is 0 Å². The van der Waals surface area contributed by atoms with Crippen molar-refractivity contribution in [3.8, 4) is 34.0 Å². The molecule has 0 aliphatic carbocycles. The van der Waals surface area contributed by atoms with E-state index in [2.05, 4.69) is 15.0 Å². The molecule has 5 aromatic rings. The fourth-order valence-corrected chi connectivity index (χ4v) is 5.44.